The molecule has 0 bridgehead atoms. The molecule has 0 spiro atoms. The van der Waals surface area contributed by atoms with E-state index in [1.54, 1.807) is 6.07 Å². The van der Waals surface area contributed by atoms with Gasteiger partial charge in [0.2, 0.25) is 0 Å². The molecule has 1 heterocycles. The van der Waals surface area contributed by atoms with Crippen LogP contribution < -0.4 is 5.32 Å². The molecule has 1 N–H and O–H groups in total. The molecular formula is C14H21Cl5N2. The van der Waals surface area contributed by atoms with E-state index in [0.29, 0.717) is 15.1 Å². The van der Waals surface area contributed by atoms with Crippen LogP contribution in [0.3, 0.4) is 0 Å². The fourth-order valence-corrected chi connectivity index (χ4v) is 3.41. The van der Waals surface area contributed by atoms with Crippen molar-refractivity contribution >= 4 is 59.6 Å². The molecule has 1 saturated heterocycles. The van der Waals surface area contributed by atoms with Gasteiger partial charge in [0.25, 0.3) is 0 Å². The van der Waals surface area contributed by atoms with E-state index in [9.17, 15) is 0 Å². The average molecular weight is 395 g/mol. The summed E-state index contributed by atoms with van der Waals surface area (Å²) in [5, 5.41) is 5.27. The molecule has 0 aliphatic carbocycles. The highest BCUT2D eigenvalue weighted by Gasteiger charge is 2.26. The average Bonchev–Trinajstić information content (AvgIpc) is 2.43. The van der Waals surface area contributed by atoms with Crippen molar-refractivity contribution in [3.8, 4) is 0 Å². The Morgan fingerprint density at radius 1 is 1.10 bits per heavy atom. The topological polar surface area (TPSA) is 15.3 Å². The van der Waals surface area contributed by atoms with Crippen molar-refractivity contribution < 1.29 is 0 Å². The first-order valence-electron chi connectivity index (χ1n) is 6.73. The molecule has 1 atom stereocenters. The first-order chi connectivity index (χ1) is 9.15. The molecule has 0 aromatic heterocycles. The van der Waals surface area contributed by atoms with E-state index in [1.165, 1.54) is 0 Å². The van der Waals surface area contributed by atoms with E-state index in [-0.39, 0.29) is 30.9 Å². The molecule has 0 saturated carbocycles. The van der Waals surface area contributed by atoms with Gasteiger partial charge in [-0.2, -0.15) is 0 Å². The number of nitrogens with zero attached hydrogens (tertiary/aromatic N) is 1. The van der Waals surface area contributed by atoms with Crippen LogP contribution in [0.4, 0.5) is 0 Å². The van der Waals surface area contributed by atoms with Gasteiger partial charge < -0.3 is 5.32 Å². The molecule has 0 unspecified atom stereocenters. The van der Waals surface area contributed by atoms with Crippen LogP contribution in [-0.2, 0) is 0 Å². The third kappa shape index (κ3) is 5.31. The summed E-state index contributed by atoms with van der Waals surface area (Å²) >= 11 is 18.9. The number of nitrogens with one attached hydrogen (secondary N) is 1. The van der Waals surface area contributed by atoms with Crippen molar-refractivity contribution in [2.75, 3.05) is 26.2 Å². The summed E-state index contributed by atoms with van der Waals surface area (Å²) in [6.07, 6.45) is 2.13. The Kier molecular flexibility index (Phi) is 10.7. The second-order valence-corrected chi connectivity index (χ2v) is 6.04. The van der Waals surface area contributed by atoms with E-state index in [4.69, 9.17) is 34.8 Å². The van der Waals surface area contributed by atoms with E-state index in [1.807, 2.05) is 6.07 Å². The second-order valence-electron chi connectivity index (χ2n) is 4.85. The first kappa shape index (κ1) is 21.6. The maximum absolute atomic E-state index is 6.39. The third-order valence-corrected chi connectivity index (χ3v) is 4.72. The van der Waals surface area contributed by atoms with Crippen molar-refractivity contribution in [1.82, 2.24) is 10.2 Å². The van der Waals surface area contributed by atoms with Crippen LogP contribution in [0.2, 0.25) is 15.1 Å². The van der Waals surface area contributed by atoms with Crippen molar-refractivity contribution in [2.24, 2.45) is 0 Å². The lowest BCUT2D eigenvalue weighted by atomic mass is 9.99. The number of rotatable bonds is 4. The lowest BCUT2D eigenvalue weighted by Gasteiger charge is -2.36. The van der Waals surface area contributed by atoms with E-state index < -0.39 is 0 Å². The minimum atomic E-state index is 0. The molecule has 0 radical (unpaired) electrons. The Bertz CT molecular complexity index is 436. The maximum Gasteiger partial charge on any atom is 0.0655 e. The van der Waals surface area contributed by atoms with Gasteiger partial charge in [-0.05, 0) is 18.6 Å². The molecule has 0 amide bonds. The van der Waals surface area contributed by atoms with E-state index >= 15 is 0 Å². The summed E-state index contributed by atoms with van der Waals surface area (Å²) in [7, 11) is 0. The minimum absolute atomic E-state index is 0. The quantitative estimate of drug-likeness (QED) is 0.703. The molecule has 1 aliphatic rings. The molecule has 122 valence electrons. The van der Waals surface area contributed by atoms with Gasteiger partial charge in [0.05, 0.1) is 10.0 Å². The summed E-state index contributed by atoms with van der Waals surface area (Å²) in [5.41, 5.74) is 0.986. The highest BCUT2D eigenvalue weighted by molar-refractivity contribution is 6.44. The van der Waals surface area contributed by atoms with E-state index in [0.717, 1.165) is 44.6 Å². The van der Waals surface area contributed by atoms with Gasteiger partial charge in [0.15, 0.2) is 0 Å². The lowest BCUT2D eigenvalue weighted by molar-refractivity contribution is 0.165. The smallest absolute Gasteiger partial charge is 0.0655 e. The van der Waals surface area contributed by atoms with Gasteiger partial charge in [-0.1, -0.05) is 48.1 Å². The van der Waals surface area contributed by atoms with Crippen LogP contribution in [0.1, 0.15) is 31.4 Å². The number of hydrogen-bond donors (Lipinski definition) is 1. The highest BCUT2D eigenvalue weighted by Crippen LogP contribution is 2.40. The van der Waals surface area contributed by atoms with Crippen LogP contribution >= 0.6 is 59.6 Å². The summed E-state index contributed by atoms with van der Waals surface area (Å²) in [4.78, 5) is 2.45. The number of halogens is 5. The van der Waals surface area contributed by atoms with Gasteiger partial charge in [-0.25, -0.2) is 0 Å². The fourth-order valence-electron chi connectivity index (χ4n) is 2.62. The highest BCUT2D eigenvalue weighted by atomic mass is 35.5. The number of piperazine rings is 1. The van der Waals surface area contributed by atoms with Crippen molar-refractivity contribution in [1.29, 1.82) is 0 Å². The Hall–Kier alpha value is 0.590. The molecule has 2 rings (SSSR count). The molecule has 7 heteroatoms. The van der Waals surface area contributed by atoms with Crippen molar-refractivity contribution in [3.05, 3.63) is 32.8 Å². The molecule has 1 aromatic carbocycles. The first-order valence-corrected chi connectivity index (χ1v) is 7.86. The fraction of sp³-hybridized carbons (Fsp3) is 0.571. The molecule has 1 fully saturated rings. The van der Waals surface area contributed by atoms with Crippen LogP contribution in [-0.4, -0.2) is 31.1 Å². The standard InChI is InChI=1S/C14H19Cl3N2.2ClH/c1-2-3-12(19-8-6-18-7-9-19)13-10(15)4-5-11(16)14(13)17;;/h4-5,12,18H,2-3,6-9H2,1H3;2*1H/t12-;;/m0../s1. The Morgan fingerprint density at radius 3 is 2.24 bits per heavy atom. The predicted octanol–water partition coefficient (Wildman–Crippen LogP) is 5.24. The largest absolute Gasteiger partial charge is 0.314 e. The monoisotopic (exact) mass is 392 g/mol. The molecule has 1 aromatic rings. The van der Waals surface area contributed by atoms with Crippen molar-refractivity contribution in [3.63, 3.8) is 0 Å². The van der Waals surface area contributed by atoms with Gasteiger partial charge in [-0.3, -0.25) is 4.90 Å². The van der Waals surface area contributed by atoms with Gasteiger partial charge in [0, 0.05) is 42.8 Å². The summed E-state index contributed by atoms with van der Waals surface area (Å²) in [5.74, 6) is 0. The van der Waals surface area contributed by atoms with Crippen LogP contribution in [0.5, 0.6) is 0 Å². The van der Waals surface area contributed by atoms with Crippen molar-refractivity contribution in [2.45, 2.75) is 25.8 Å². The molecule has 2 nitrogen and oxygen atoms in total. The van der Waals surface area contributed by atoms with E-state index in [2.05, 4.69) is 17.1 Å². The predicted molar refractivity (Wildman–Crippen MR) is 98.1 cm³/mol. The Balaban J connectivity index is 0.00000200. The third-order valence-electron chi connectivity index (χ3n) is 3.57. The van der Waals surface area contributed by atoms with Crippen LogP contribution in [0.15, 0.2) is 12.1 Å². The summed E-state index contributed by atoms with van der Waals surface area (Å²) in [6.45, 7) is 6.24. The summed E-state index contributed by atoms with van der Waals surface area (Å²) < 4.78 is 0. The van der Waals surface area contributed by atoms with Gasteiger partial charge in [-0.15, -0.1) is 24.8 Å². The van der Waals surface area contributed by atoms with Crippen LogP contribution in [0.25, 0.3) is 0 Å². The minimum Gasteiger partial charge on any atom is -0.314 e. The zero-order chi connectivity index (χ0) is 13.8. The zero-order valence-corrected chi connectivity index (χ0v) is 15.8. The second kappa shape index (κ2) is 10.4. The molecule has 1 aliphatic heterocycles. The number of hydrogen-bond acceptors (Lipinski definition) is 2. The van der Waals surface area contributed by atoms with Gasteiger partial charge >= 0.3 is 0 Å². The zero-order valence-electron chi connectivity index (χ0n) is 11.9. The number of benzene rings is 1. The molecular weight excluding hydrogens is 373 g/mol. The molecule has 21 heavy (non-hydrogen) atoms. The summed E-state index contributed by atoms with van der Waals surface area (Å²) in [6, 6.07) is 3.86. The normalized spacial score (nSPS) is 16.8. The Morgan fingerprint density at radius 2 is 1.67 bits per heavy atom. The maximum atomic E-state index is 6.39. The Labute approximate surface area is 154 Å². The van der Waals surface area contributed by atoms with Gasteiger partial charge in [0.1, 0.15) is 0 Å². The van der Waals surface area contributed by atoms with Crippen LogP contribution in [0, 0.1) is 0 Å². The SMILES string of the molecule is CCC[C@@H](c1c(Cl)ccc(Cl)c1Cl)N1CCNCC1.Cl.Cl. The lowest BCUT2D eigenvalue weighted by Crippen LogP contribution is -2.45.